The van der Waals surface area contributed by atoms with Gasteiger partial charge >= 0.3 is 0 Å². The molecule has 1 heterocycles. The third-order valence-electron chi connectivity index (χ3n) is 1.81. The molecule has 0 saturated heterocycles. The fourth-order valence-corrected chi connectivity index (χ4v) is 2.17. The summed E-state index contributed by atoms with van der Waals surface area (Å²) in [5.41, 5.74) is 0. The molecule has 0 saturated carbocycles. The van der Waals surface area contributed by atoms with Crippen LogP contribution in [0.4, 0.5) is 0 Å². The predicted molar refractivity (Wildman–Crippen MR) is 57.6 cm³/mol. The van der Waals surface area contributed by atoms with Crippen molar-refractivity contribution >= 4 is 21.4 Å². The molecule has 0 atom stereocenters. The van der Waals surface area contributed by atoms with Crippen molar-refractivity contribution in [1.82, 2.24) is 0 Å². The van der Waals surface area contributed by atoms with Crippen LogP contribution in [0.3, 0.4) is 0 Å². The van der Waals surface area contributed by atoms with Crippen molar-refractivity contribution in [2.45, 2.75) is 20.0 Å². The number of thiophene rings is 1. The molecule has 0 fully saturated rings. The van der Waals surface area contributed by atoms with Crippen LogP contribution in [0, 0.1) is 0 Å². The summed E-state index contributed by atoms with van der Waals surface area (Å²) >= 11 is 1.73. The van der Waals surface area contributed by atoms with Gasteiger partial charge < -0.3 is 4.74 Å². The Labute approximate surface area is 82.0 Å². The van der Waals surface area contributed by atoms with E-state index in [2.05, 4.69) is 23.6 Å². The van der Waals surface area contributed by atoms with Gasteiger partial charge in [-0.2, -0.15) is 0 Å². The van der Waals surface area contributed by atoms with Crippen molar-refractivity contribution in [3.63, 3.8) is 0 Å². The molecule has 1 aromatic heterocycles. The lowest BCUT2D eigenvalue weighted by atomic mass is 10.2. The Balaban J connectivity index is 2.46. The molecule has 0 spiro atoms. The van der Waals surface area contributed by atoms with Crippen LogP contribution in [0.15, 0.2) is 29.6 Å². The quantitative estimate of drug-likeness (QED) is 0.705. The van der Waals surface area contributed by atoms with Crippen LogP contribution in [0.25, 0.3) is 10.1 Å². The van der Waals surface area contributed by atoms with E-state index in [9.17, 15) is 0 Å². The van der Waals surface area contributed by atoms with E-state index in [1.165, 1.54) is 10.1 Å². The highest BCUT2D eigenvalue weighted by Gasteiger charge is 2.04. The second kappa shape index (κ2) is 3.38. The Morgan fingerprint density at radius 1 is 1.23 bits per heavy atom. The minimum absolute atomic E-state index is 0.248. The van der Waals surface area contributed by atoms with Crippen LogP contribution < -0.4 is 4.74 Å². The number of benzene rings is 1. The number of fused-ring (bicyclic) bond motifs is 1. The Hall–Kier alpha value is -1.02. The zero-order valence-corrected chi connectivity index (χ0v) is 8.60. The van der Waals surface area contributed by atoms with E-state index >= 15 is 0 Å². The molecular weight excluding hydrogens is 180 g/mol. The Morgan fingerprint density at radius 2 is 2.00 bits per heavy atom. The first-order chi connectivity index (χ1) is 6.27. The zero-order valence-electron chi connectivity index (χ0n) is 7.78. The summed E-state index contributed by atoms with van der Waals surface area (Å²) < 4.78 is 6.97. The van der Waals surface area contributed by atoms with Crippen LogP contribution in [0.5, 0.6) is 5.75 Å². The lowest BCUT2D eigenvalue weighted by molar-refractivity contribution is 0.246. The molecular formula is C11H12OS. The van der Waals surface area contributed by atoms with E-state index in [4.69, 9.17) is 4.74 Å². The Bertz CT molecular complexity index is 403. The molecule has 0 amide bonds. The van der Waals surface area contributed by atoms with E-state index in [0.29, 0.717) is 0 Å². The van der Waals surface area contributed by atoms with Gasteiger partial charge in [0.1, 0.15) is 5.75 Å². The molecule has 0 unspecified atom stereocenters. The van der Waals surface area contributed by atoms with Gasteiger partial charge in [-0.1, -0.05) is 12.1 Å². The van der Waals surface area contributed by atoms with Crippen LogP contribution in [-0.2, 0) is 0 Å². The topological polar surface area (TPSA) is 9.23 Å². The van der Waals surface area contributed by atoms with E-state index < -0.39 is 0 Å². The predicted octanol–water partition coefficient (Wildman–Crippen LogP) is 3.69. The van der Waals surface area contributed by atoms with Crippen molar-refractivity contribution in [1.29, 1.82) is 0 Å². The summed E-state index contributed by atoms with van der Waals surface area (Å²) in [4.78, 5) is 0. The van der Waals surface area contributed by atoms with Crippen LogP contribution >= 0.6 is 11.3 Å². The lowest BCUT2D eigenvalue weighted by Crippen LogP contribution is -2.04. The zero-order chi connectivity index (χ0) is 9.26. The molecule has 68 valence electrons. The fraction of sp³-hybridized carbons (Fsp3) is 0.273. The number of rotatable bonds is 2. The van der Waals surface area contributed by atoms with Crippen LogP contribution in [0.2, 0.25) is 0 Å². The SMILES string of the molecule is CC(C)Oc1csc2ccccc12. The van der Waals surface area contributed by atoms with Crippen molar-refractivity contribution in [3.05, 3.63) is 29.6 Å². The number of ether oxygens (including phenoxy) is 1. The van der Waals surface area contributed by atoms with Gasteiger partial charge in [0.05, 0.1) is 6.10 Å². The summed E-state index contributed by atoms with van der Waals surface area (Å²) in [7, 11) is 0. The molecule has 13 heavy (non-hydrogen) atoms. The van der Waals surface area contributed by atoms with Crippen molar-refractivity contribution in [2.24, 2.45) is 0 Å². The molecule has 1 aromatic carbocycles. The van der Waals surface area contributed by atoms with Gasteiger partial charge in [0.15, 0.2) is 0 Å². The highest BCUT2D eigenvalue weighted by molar-refractivity contribution is 7.17. The molecule has 2 rings (SSSR count). The maximum Gasteiger partial charge on any atom is 0.138 e. The maximum absolute atomic E-state index is 5.68. The lowest BCUT2D eigenvalue weighted by Gasteiger charge is -2.07. The van der Waals surface area contributed by atoms with Crippen molar-refractivity contribution in [2.75, 3.05) is 0 Å². The molecule has 0 N–H and O–H groups in total. The molecule has 1 nitrogen and oxygen atoms in total. The van der Waals surface area contributed by atoms with Gasteiger partial charge in [-0.25, -0.2) is 0 Å². The summed E-state index contributed by atoms with van der Waals surface area (Å²) in [6, 6.07) is 8.32. The van der Waals surface area contributed by atoms with Gasteiger partial charge in [0.25, 0.3) is 0 Å². The summed E-state index contributed by atoms with van der Waals surface area (Å²) in [6.45, 7) is 4.10. The first-order valence-electron chi connectivity index (χ1n) is 4.40. The first-order valence-corrected chi connectivity index (χ1v) is 5.28. The molecule has 2 aromatic rings. The molecule has 0 aliphatic rings. The summed E-state index contributed by atoms with van der Waals surface area (Å²) in [5, 5.41) is 3.30. The molecule has 0 bridgehead atoms. The first kappa shape index (κ1) is 8.57. The minimum Gasteiger partial charge on any atom is -0.489 e. The maximum atomic E-state index is 5.68. The Kier molecular flexibility index (Phi) is 2.23. The van der Waals surface area contributed by atoms with Gasteiger partial charge in [-0.3, -0.25) is 0 Å². The standard InChI is InChI=1S/C11H12OS/c1-8(2)12-10-7-13-11-6-4-3-5-9(10)11/h3-8H,1-2H3. The summed E-state index contributed by atoms with van der Waals surface area (Å²) in [5.74, 6) is 1.01. The molecule has 2 heteroatoms. The largest absolute Gasteiger partial charge is 0.489 e. The average molecular weight is 192 g/mol. The van der Waals surface area contributed by atoms with E-state index in [1.54, 1.807) is 11.3 Å². The smallest absolute Gasteiger partial charge is 0.138 e. The van der Waals surface area contributed by atoms with E-state index in [-0.39, 0.29) is 6.10 Å². The fourth-order valence-electron chi connectivity index (χ4n) is 1.30. The van der Waals surface area contributed by atoms with Crippen LogP contribution in [0.1, 0.15) is 13.8 Å². The molecule has 0 aliphatic heterocycles. The Morgan fingerprint density at radius 3 is 2.77 bits per heavy atom. The van der Waals surface area contributed by atoms with Gasteiger partial charge in [0.2, 0.25) is 0 Å². The van der Waals surface area contributed by atoms with Crippen molar-refractivity contribution < 1.29 is 4.74 Å². The summed E-state index contributed by atoms with van der Waals surface area (Å²) in [6.07, 6.45) is 0.248. The number of hydrogen-bond donors (Lipinski definition) is 0. The van der Waals surface area contributed by atoms with E-state index in [0.717, 1.165) is 5.75 Å². The van der Waals surface area contributed by atoms with E-state index in [1.807, 2.05) is 19.9 Å². The highest BCUT2D eigenvalue weighted by atomic mass is 32.1. The highest BCUT2D eigenvalue weighted by Crippen LogP contribution is 2.32. The van der Waals surface area contributed by atoms with Gasteiger partial charge in [0, 0.05) is 15.5 Å². The average Bonchev–Trinajstić information content (AvgIpc) is 2.48. The normalized spacial score (nSPS) is 11.0. The van der Waals surface area contributed by atoms with Crippen LogP contribution in [-0.4, -0.2) is 6.10 Å². The second-order valence-electron chi connectivity index (χ2n) is 3.26. The van der Waals surface area contributed by atoms with Gasteiger partial charge in [-0.05, 0) is 26.0 Å². The molecule has 0 aliphatic carbocycles. The van der Waals surface area contributed by atoms with Crippen molar-refractivity contribution in [3.8, 4) is 5.75 Å². The minimum atomic E-state index is 0.248. The third-order valence-corrected chi connectivity index (χ3v) is 2.75. The molecule has 0 radical (unpaired) electrons. The second-order valence-corrected chi connectivity index (χ2v) is 4.17. The number of hydrogen-bond acceptors (Lipinski definition) is 2. The monoisotopic (exact) mass is 192 g/mol. The van der Waals surface area contributed by atoms with Gasteiger partial charge in [-0.15, -0.1) is 11.3 Å². The third kappa shape index (κ3) is 1.68.